The molecule has 0 aliphatic carbocycles. The van der Waals surface area contributed by atoms with Crippen LogP contribution in [0.15, 0.2) is 22.7 Å². The number of carbonyl (C=O) groups excluding carboxylic acids is 1. The number of nitrogens with one attached hydrogen (secondary N) is 2. The van der Waals surface area contributed by atoms with Gasteiger partial charge in [0.1, 0.15) is 0 Å². The third-order valence-corrected chi connectivity index (χ3v) is 3.33. The van der Waals surface area contributed by atoms with Crippen LogP contribution in [-0.4, -0.2) is 34.9 Å². The highest BCUT2D eigenvalue weighted by Crippen LogP contribution is 2.24. The van der Waals surface area contributed by atoms with Crippen LogP contribution in [0.25, 0.3) is 0 Å². The minimum absolute atomic E-state index is 0.515. The van der Waals surface area contributed by atoms with Crippen molar-refractivity contribution in [2.45, 2.75) is 6.04 Å². The smallest absolute Gasteiger partial charge is 0.328 e. The molecule has 0 radical (unpaired) electrons. The van der Waals surface area contributed by atoms with Gasteiger partial charge in [-0.3, -0.25) is 0 Å². The minimum atomic E-state index is -1.33. The number of rotatable bonds is 4. The van der Waals surface area contributed by atoms with E-state index in [2.05, 4.69) is 49.2 Å². The number of aliphatic hydroxyl groups excluding tert-OH is 1. The molecule has 4 N–H and O–H groups in total. The summed E-state index contributed by atoms with van der Waals surface area (Å²) in [4.78, 5) is 22.2. The number of aliphatic carboxylic acids is 1. The summed E-state index contributed by atoms with van der Waals surface area (Å²) < 4.78 is 1.59. The molecule has 18 heavy (non-hydrogen) atoms. The monoisotopic (exact) mass is 428 g/mol. The van der Waals surface area contributed by atoms with Crippen LogP contribution in [-0.2, 0) is 4.79 Å². The molecule has 1 atom stereocenters. The zero-order valence-corrected chi connectivity index (χ0v) is 12.7. The Labute approximate surface area is 125 Å². The van der Waals surface area contributed by atoms with Crippen LogP contribution in [0.2, 0.25) is 0 Å². The summed E-state index contributed by atoms with van der Waals surface area (Å²) in [6.07, 6.45) is 0. The van der Waals surface area contributed by atoms with Crippen molar-refractivity contribution in [1.29, 1.82) is 0 Å². The first-order chi connectivity index (χ1) is 8.43. The van der Waals surface area contributed by atoms with Gasteiger partial charge >= 0.3 is 12.0 Å². The van der Waals surface area contributed by atoms with E-state index in [4.69, 9.17) is 10.2 Å². The van der Waals surface area contributed by atoms with Crippen LogP contribution >= 0.6 is 38.5 Å². The molecular weight excluding hydrogens is 419 g/mol. The fourth-order valence-electron chi connectivity index (χ4n) is 1.10. The Morgan fingerprint density at radius 3 is 2.67 bits per heavy atom. The fraction of sp³-hybridized carbons (Fsp3) is 0.200. The fourth-order valence-corrected chi connectivity index (χ4v) is 1.93. The molecule has 0 fully saturated rings. The second-order valence-electron chi connectivity index (χ2n) is 3.30. The van der Waals surface area contributed by atoms with E-state index in [-0.39, 0.29) is 0 Å². The van der Waals surface area contributed by atoms with Gasteiger partial charge in [0, 0.05) is 8.04 Å². The molecule has 0 bridgehead atoms. The van der Waals surface area contributed by atoms with Gasteiger partial charge in [-0.2, -0.15) is 0 Å². The van der Waals surface area contributed by atoms with Gasteiger partial charge in [-0.25, -0.2) is 9.59 Å². The number of aliphatic hydroxyl groups is 1. The van der Waals surface area contributed by atoms with Crippen molar-refractivity contribution in [3.05, 3.63) is 26.2 Å². The molecule has 0 aromatic heterocycles. The van der Waals surface area contributed by atoms with Crippen molar-refractivity contribution in [1.82, 2.24) is 5.32 Å². The lowest BCUT2D eigenvalue weighted by Crippen LogP contribution is -2.45. The van der Waals surface area contributed by atoms with Crippen LogP contribution in [0.5, 0.6) is 0 Å². The molecule has 0 aliphatic heterocycles. The van der Waals surface area contributed by atoms with E-state index in [9.17, 15) is 9.59 Å². The van der Waals surface area contributed by atoms with Crippen LogP contribution in [0.4, 0.5) is 10.5 Å². The summed E-state index contributed by atoms with van der Waals surface area (Å²) in [5.41, 5.74) is 0.515. The first-order valence-electron chi connectivity index (χ1n) is 4.80. The molecule has 1 aromatic carbocycles. The summed E-state index contributed by atoms with van der Waals surface area (Å²) in [5, 5.41) is 22.1. The number of carbonyl (C=O) groups is 2. The summed E-state index contributed by atoms with van der Waals surface area (Å²) in [5.74, 6) is -1.30. The molecule has 1 aromatic rings. The molecule has 2 amide bonds. The summed E-state index contributed by atoms with van der Waals surface area (Å²) in [7, 11) is 0. The van der Waals surface area contributed by atoms with Gasteiger partial charge in [-0.1, -0.05) is 0 Å². The summed E-state index contributed by atoms with van der Waals surface area (Å²) >= 11 is 5.35. The molecule has 98 valence electrons. The second-order valence-corrected chi connectivity index (χ2v) is 5.40. The highest BCUT2D eigenvalue weighted by atomic mass is 127. The Hall–Kier alpha value is -0.870. The van der Waals surface area contributed by atoms with E-state index in [1.54, 1.807) is 12.1 Å². The SMILES string of the molecule is O=C(Nc1cc(I)ccc1Br)N[C@H](CO)C(=O)O. The van der Waals surface area contributed by atoms with Gasteiger partial charge in [0.15, 0.2) is 6.04 Å². The number of amides is 2. The van der Waals surface area contributed by atoms with Crippen LogP contribution in [0.1, 0.15) is 0 Å². The number of carboxylic acids is 1. The molecule has 0 aliphatic rings. The van der Waals surface area contributed by atoms with E-state index < -0.39 is 24.6 Å². The standard InChI is InChI=1S/C10H10BrIN2O4/c11-6-2-1-5(12)3-7(6)13-10(18)14-8(4-15)9(16)17/h1-3,8,15H,4H2,(H,16,17)(H2,13,14,18)/t8-/m1/s1. The number of urea groups is 1. The van der Waals surface area contributed by atoms with Crippen molar-refractivity contribution < 1.29 is 19.8 Å². The molecule has 8 heteroatoms. The topological polar surface area (TPSA) is 98.7 Å². The normalized spacial score (nSPS) is 11.7. The zero-order chi connectivity index (χ0) is 13.7. The van der Waals surface area contributed by atoms with Crippen molar-refractivity contribution in [2.24, 2.45) is 0 Å². The Balaban J connectivity index is 2.70. The number of carboxylic acid groups (broad SMARTS) is 1. The van der Waals surface area contributed by atoms with Crippen molar-refractivity contribution in [3.63, 3.8) is 0 Å². The highest BCUT2D eigenvalue weighted by molar-refractivity contribution is 14.1. The van der Waals surface area contributed by atoms with E-state index in [0.717, 1.165) is 3.57 Å². The Bertz CT molecular complexity index is 469. The predicted molar refractivity (Wildman–Crippen MR) is 77.5 cm³/mol. The molecule has 0 heterocycles. The lowest BCUT2D eigenvalue weighted by Gasteiger charge is -2.13. The van der Waals surface area contributed by atoms with Gasteiger partial charge in [-0.05, 0) is 56.7 Å². The average molecular weight is 429 g/mol. The highest BCUT2D eigenvalue weighted by Gasteiger charge is 2.18. The van der Waals surface area contributed by atoms with Gasteiger partial charge < -0.3 is 20.8 Å². The van der Waals surface area contributed by atoms with Gasteiger partial charge in [0.25, 0.3) is 0 Å². The number of benzene rings is 1. The second kappa shape index (κ2) is 6.90. The van der Waals surface area contributed by atoms with Gasteiger partial charge in [0.05, 0.1) is 12.3 Å². The Kier molecular flexibility index (Phi) is 5.82. The number of hydrogen-bond donors (Lipinski definition) is 4. The minimum Gasteiger partial charge on any atom is -0.480 e. The van der Waals surface area contributed by atoms with Crippen LogP contribution in [0.3, 0.4) is 0 Å². The third kappa shape index (κ3) is 4.42. The molecule has 0 saturated carbocycles. The van der Waals surface area contributed by atoms with Crippen molar-refractivity contribution in [2.75, 3.05) is 11.9 Å². The predicted octanol–water partition coefficient (Wildman–Crippen LogP) is 1.62. The largest absolute Gasteiger partial charge is 0.480 e. The first-order valence-corrected chi connectivity index (χ1v) is 6.67. The van der Waals surface area contributed by atoms with Crippen LogP contribution in [0, 0.1) is 3.57 Å². The summed E-state index contributed by atoms with van der Waals surface area (Å²) in [6, 6.07) is 3.31. The van der Waals surface area contributed by atoms with Gasteiger partial charge in [0.2, 0.25) is 0 Å². The number of halogens is 2. The summed E-state index contributed by atoms with van der Waals surface area (Å²) in [6.45, 7) is -0.670. The maximum Gasteiger partial charge on any atom is 0.328 e. The third-order valence-electron chi connectivity index (χ3n) is 1.96. The molecule has 6 nitrogen and oxygen atoms in total. The Morgan fingerprint density at radius 2 is 2.11 bits per heavy atom. The van der Waals surface area contributed by atoms with E-state index in [1.165, 1.54) is 0 Å². The van der Waals surface area contributed by atoms with Crippen LogP contribution < -0.4 is 10.6 Å². The molecular formula is C10H10BrIN2O4. The molecule has 1 rings (SSSR count). The van der Waals surface area contributed by atoms with Gasteiger partial charge in [-0.15, -0.1) is 0 Å². The Morgan fingerprint density at radius 1 is 1.44 bits per heavy atom. The van der Waals surface area contributed by atoms with Crippen molar-refractivity contribution >= 4 is 56.2 Å². The van der Waals surface area contributed by atoms with E-state index >= 15 is 0 Å². The zero-order valence-electron chi connectivity index (χ0n) is 8.98. The molecule has 0 spiro atoms. The number of anilines is 1. The quantitative estimate of drug-likeness (QED) is 0.547. The first kappa shape index (κ1) is 15.2. The number of hydrogen-bond acceptors (Lipinski definition) is 3. The maximum atomic E-state index is 11.5. The average Bonchev–Trinajstić information content (AvgIpc) is 2.30. The molecule has 0 saturated heterocycles. The lowest BCUT2D eigenvalue weighted by atomic mass is 10.3. The maximum absolute atomic E-state index is 11.5. The molecule has 0 unspecified atom stereocenters. The van der Waals surface area contributed by atoms with Crippen molar-refractivity contribution in [3.8, 4) is 0 Å². The van der Waals surface area contributed by atoms with E-state index in [1.807, 2.05) is 6.07 Å². The lowest BCUT2D eigenvalue weighted by molar-refractivity contribution is -0.140. The van der Waals surface area contributed by atoms with E-state index in [0.29, 0.717) is 10.2 Å².